The van der Waals surface area contributed by atoms with E-state index in [0.717, 1.165) is 31.3 Å². The Hall–Kier alpha value is -1.36. The highest BCUT2D eigenvalue weighted by Gasteiger charge is 2.29. The van der Waals surface area contributed by atoms with Crippen molar-refractivity contribution in [1.29, 1.82) is 0 Å². The Morgan fingerprint density at radius 1 is 1.38 bits per heavy atom. The van der Waals surface area contributed by atoms with Gasteiger partial charge in [0.25, 0.3) is 0 Å². The van der Waals surface area contributed by atoms with E-state index in [-0.39, 0.29) is 0 Å². The average Bonchev–Trinajstić information content (AvgIpc) is 3.04. The minimum absolute atomic E-state index is 0.302. The predicted molar refractivity (Wildman–Crippen MR) is 105 cm³/mol. The fraction of sp³-hybridized carbons (Fsp3) is 0.632. The van der Waals surface area contributed by atoms with E-state index in [4.69, 9.17) is 9.73 Å². The van der Waals surface area contributed by atoms with Crippen LogP contribution in [0.1, 0.15) is 45.1 Å². The number of nitrogens with zero attached hydrogens (tertiary/aromatic N) is 1. The molecule has 0 spiro atoms. The third-order valence-electron chi connectivity index (χ3n) is 4.46. The molecule has 24 heavy (non-hydrogen) atoms. The number of rotatable bonds is 7. The molecule has 1 heterocycles. The standard InChI is InChI=1S/C19H31N3OS/c1-5-20-18(22-14-19(3)11-8-12-24-19)21-13-15(2)16-9-6-7-10-17(16)23-4/h6-7,9-10,15H,5,8,11-14H2,1-4H3,(H2,20,21,22). The number of guanidine groups is 1. The van der Waals surface area contributed by atoms with Gasteiger partial charge in [-0.05, 0) is 44.1 Å². The lowest BCUT2D eigenvalue weighted by molar-refractivity contribution is 0.406. The Labute approximate surface area is 150 Å². The molecule has 0 radical (unpaired) electrons. The van der Waals surface area contributed by atoms with E-state index in [2.05, 4.69) is 55.3 Å². The molecule has 4 nitrogen and oxygen atoms in total. The topological polar surface area (TPSA) is 45.7 Å². The van der Waals surface area contributed by atoms with Gasteiger partial charge in [0.05, 0.1) is 13.7 Å². The number of para-hydroxylation sites is 1. The molecular formula is C19H31N3OS. The highest BCUT2D eigenvalue weighted by Crippen LogP contribution is 2.37. The molecule has 1 aliphatic heterocycles. The first-order chi connectivity index (χ1) is 11.6. The van der Waals surface area contributed by atoms with Crippen LogP contribution in [0.15, 0.2) is 29.3 Å². The van der Waals surface area contributed by atoms with Crippen molar-refractivity contribution in [1.82, 2.24) is 10.6 Å². The second-order valence-corrected chi connectivity index (χ2v) is 8.30. The number of hydrogen-bond donors (Lipinski definition) is 2. The van der Waals surface area contributed by atoms with Crippen LogP contribution in [0.25, 0.3) is 0 Å². The third kappa shape index (κ3) is 5.33. The van der Waals surface area contributed by atoms with Gasteiger partial charge in [0.1, 0.15) is 5.75 Å². The van der Waals surface area contributed by atoms with E-state index in [0.29, 0.717) is 10.7 Å². The summed E-state index contributed by atoms with van der Waals surface area (Å²) >= 11 is 2.05. The summed E-state index contributed by atoms with van der Waals surface area (Å²) in [5, 5.41) is 6.84. The summed E-state index contributed by atoms with van der Waals surface area (Å²) in [5.41, 5.74) is 1.22. The Morgan fingerprint density at radius 2 is 2.17 bits per heavy atom. The van der Waals surface area contributed by atoms with Crippen molar-refractivity contribution in [3.8, 4) is 5.75 Å². The van der Waals surface area contributed by atoms with Crippen LogP contribution >= 0.6 is 11.8 Å². The molecular weight excluding hydrogens is 318 g/mol. The van der Waals surface area contributed by atoms with Gasteiger partial charge in [0.15, 0.2) is 5.96 Å². The highest BCUT2D eigenvalue weighted by molar-refractivity contribution is 8.00. The van der Waals surface area contributed by atoms with E-state index in [1.165, 1.54) is 24.2 Å². The number of benzene rings is 1. The van der Waals surface area contributed by atoms with Gasteiger partial charge in [0.2, 0.25) is 0 Å². The van der Waals surface area contributed by atoms with Crippen LogP contribution in [-0.4, -0.2) is 43.2 Å². The zero-order chi connectivity index (χ0) is 17.4. The van der Waals surface area contributed by atoms with Gasteiger partial charge in [-0.3, -0.25) is 4.99 Å². The van der Waals surface area contributed by atoms with Crippen LogP contribution in [0.3, 0.4) is 0 Å². The van der Waals surface area contributed by atoms with Crippen molar-refractivity contribution >= 4 is 17.7 Å². The van der Waals surface area contributed by atoms with Crippen molar-refractivity contribution in [2.75, 3.05) is 32.5 Å². The SMILES string of the molecule is CCNC(=NCC1(C)CCCS1)NCC(C)c1ccccc1OC. The largest absolute Gasteiger partial charge is 0.496 e. The summed E-state index contributed by atoms with van der Waals surface area (Å²) in [6.45, 7) is 9.22. The molecule has 2 atom stereocenters. The molecule has 0 bridgehead atoms. The van der Waals surface area contributed by atoms with Crippen LogP contribution in [0.5, 0.6) is 5.75 Å². The van der Waals surface area contributed by atoms with E-state index in [1.54, 1.807) is 7.11 Å². The third-order valence-corrected chi connectivity index (χ3v) is 5.98. The number of methoxy groups -OCH3 is 1. The van der Waals surface area contributed by atoms with Gasteiger partial charge in [-0.1, -0.05) is 25.1 Å². The van der Waals surface area contributed by atoms with Gasteiger partial charge in [-0.15, -0.1) is 0 Å². The Bertz CT molecular complexity index is 541. The maximum Gasteiger partial charge on any atom is 0.191 e. The van der Waals surface area contributed by atoms with Crippen molar-refractivity contribution < 1.29 is 4.74 Å². The van der Waals surface area contributed by atoms with Crippen LogP contribution in [-0.2, 0) is 0 Å². The minimum atomic E-state index is 0.302. The van der Waals surface area contributed by atoms with Gasteiger partial charge in [-0.2, -0.15) is 11.8 Å². The van der Waals surface area contributed by atoms with E-state index < -0.39 is 0 Å². The quantitative estimate of drug-likeness (QED) is 0.583. The fourth-order valence-corrected chi connectivity index (χ4v) is 4.21. The van der Waals surface area contributed by atoms with Crippen molar-refractivity contribution in [2.45, 2.75) is 44.3 Å². The summed E-state index contributed by atoms with van der Waals surface area (Å²) in [6, 6.07) is 8.22. The van der Waals surface area contributed by atoms with Gasteiger partial charge in [0, 0.05) is 23.8 Å². The maximum atomic E-state index is 5.47. The molecule has 1 aromatic carbocycles. The van der Waals surface area contributed by atoms with E-state index in [9.17, 15) is 0 Å². The zero-order valence-electron chi connectivity index (χ0n) is 15.4. The Balaban J connectivity index is 1.95. The van der Waals surface area contributed by atoms with Crippen LogP contribution < -0.4 is 15.4 Å². The maximum absolute atomic E-state index is 5.47. The molecule has 0 amide bonds. The molecule has 2 N–H and O–H groups in total. The fourth-order valence-electron chi connectivity index (χ4n) is 2.98. The number of thioether (sulfide) groups is 1. The molecule has 1 saturated heterocycles. The molecule has 0 aliphatic carbocycles. The van der Waals surface area contributed by atoms with E-state index >= 15 is 0 Å². The van der Waals surface area contributed by atoms with Crippen molar-refractivity contribution in [2.24, 2.45) is 4.99 Å². The summed E-state index contributed by atoms with van der Waals surface area (Å²) < 4.78 is 5.77. The lowest BCUT2D eigenvalue weighted by Crippen LogP contribution is -2.40. The molecule has 134 valence electrons. The number of aliphatic imine (C=N–C) groups is 1. The summed E-state index contributed by atoms with van der Waals surface area (Å²) in [7, 11) is 1.73. The summed E-state index contributed by atoms with van der Waals surface area (Å²) in [5.74, 6) is 3.47. The minimum Gasteiger partial charge on any atom is -0.496 e. The molecule has 5 heteroatoms. The highest BCUT2D eigenvalue weighted by atomic mass is 32.2. The molecule has 1 fully saturated rings. The lowest BCUT2D eigenvalue weighted by atomic mass is 10.0. The Kier molecular flexibility index (Phi) is 7.28. The number of ether oxygens (including phenoxy) is 1. The monoisotopic (exact) mass is 349 g/mol. The normalized spacial score (nSPS) is 22.2. The van der Waals surface area contributed by atoms with Crippen LogP contribution in [0, 0.1) is 0 Å². The Morgan fingerprint density at radius 3 is 2.83 bits per heavy atom. The predicted octanol–water partition coefficient (Wildman–Crippen LogP) is 3.64. The lowest BCUT2D eigenvalue weighted by Gasteiger charge is -2.22. The summed E-state index contributed by atoms with van der Waals surface area (Å²) in [6.07, 6.45) is 2.57. The van der Waals surface area contributed by atoms with Crippen LogP contribution in [0.2, 0.25) is 0 Å². The molecule has 2 rings (SSSR count). The molecule has 0 saturated carbocycles. The van der Waals surface area contributed by atoms with Gasteiger partial charge >= 0.3 is 0 Å². The molecule has 0 aromatic heterocycles. The van der Waals surface area contributed by atoms with Gasteiger partial charge in [-0.25, -0.2) is 0 Å². The first kappa shape index (κ1) is 19.0. The van der Waals surface area contributed by atoms with Crippen LogP contribution in [0.4, 0.5) is 0 Å². The molecule has 1 aliphatic rings. The van der Waals surface area contributed by atoms with Gasteiger partial charge < -0.3 is 15.4 Å². The molecule has 2 unspecified atom stereocenters. The first-order valence-corrected chi connectivity index (χ1v) is 9.85. The second kappa shape index (κ2) is 9.21. The molecule has 1 aromatic rings. The zero-order valence-corrected chi connectivity index (χ0v) is 16.2. The average molecular weight is 350 g/mol. The van der Waals surface area contributed by atoms with Crippen molar-refractivity contribution in [3.63, 3.8) is 0 Å². The number of nitrogens with one attached hydrogen (secondary N) is 2. The smallest absolute Gasteiger partial charge is 0.191 e. The second-order valence-electron chi connectivity index (χ2n) is 6.62. The first-order valence-electron chi connectivity index (χ1n) is 8.87. The van der Waals surface area contributed by atoms with E-state index in [1.807, 2.05) is 12.1 Å². The van der Waals surface area contributed by atoms with Crippen molar-refractivity contribution in [3.05, 3.63) is 29.8 Å². The number of hydrogen-bond acceptors (Lipinski definition) is 3. The summed E-state index contributed by atoms with van der Waals surface area (Å²) in [4.78, 5) is 4.82.